The van der Waals surface area contributed by atoms with Crippen LogP contribution in [0.5, 0.6) is 11.5 Å². The third-order valence-corrected chi connectivity index (χ3v) is 6.10. The van der Waals surface area contributed by atoms with Gasteiger partial charge in [-0.25, -0.2) is 0 Å². The van der Waals surface area contributed by atoms with Gasteiger partial charge in [0.05, 0.1) is 0 Å². The van der Waals surface area contributed by atoms with E-state index in [-0.39, 0.29) is 0 Å². The molecular weight excluding hydrogens is 276 g/mol. The zero-order valence-electron chi connectivity index (χ0n) is 12.7. The summed E-state index contributed by atoms with van der Waals surface area (Å²) in [5.74, 6) is 0.977. The van der Waals surface area contributed by atoms with Crippen LogP contribution in [0.25, 0.3) is 0 Å². The maximum atomic E-state index is 5.74. The van der Waals surface area contributed by atoms with Crippen molar-refractivity contribution in [2.75, 3.05) is 21.3 Å². The largest absolute Gasteiger partial charge is 0.500 e. The lowest BCUT2D eigenvalue weighted by molar-refractivity contribution is -0.0431. The predicted molar refractivity (Wildman–Crippen MR) is 77.1 cm³/mol. The zero-order chi connectivity index (χ0) is 14.8. The van der Waals surface area contributed by atoms with Gasteiger partial charge in [0.1, 0.15) is 0 Å². The zero-order valence-corrected chi connectivity index (χ0v) is 13.7. The fourth-order valence-corrected chi connectivity index (χ4v) is 3.98. The Labute approximate surface area is 121 Å². The van der Waals surface area contributed by atoms with Crippen molar-refractivity contribution in [1.82, 2.24) is 0 Å². The van der Waals surface area contributed by atoms with E-state index < -0.39 is 14.6 Å². The standard InChI is InChI=1S/C14H22O5Si/c1-14(2)18-12-7-6-11(10-13(12)19-14)8-9-20(15-3,16-4)17-5/h6-7,10H,8-9H2,1-5H3. The van der Waals surface area contributed by atoms with Gasteiger partial charge in [-0.05, 0) is 24.1 Å². The van der Waals surface area contributed by atoms with Crippen molar-refractivity contribution in [1.29, 1.82) is 0 Å². The van der Waals surface area contributed by atoms with Crippen LogP contribution in [0.15, 0.2) is 18.2 Å². The summed E-state index contributed by atoms with van der Waals surface area (Å²) >= 11 is 0. The van der Waals surface area contributed by atoms with E-state index in [4.69, 9.17) is 22.8 Å². The second-order valence-electron chi connectivity index (χ2n) is 5.18. The lowest BCUT2D eigenvalue weighted by Crippen LogP contribution is -2.43. The molecule has 5 nitrogen and oxygen atoms in total. The highest BCUT2D eigenvalue weighted by molar-refractivity contribution is 6.60. The lowest BCUT2D eigenvalue weighted by atomic mass is 10.1. The number of aryl methyl sites for hydroxylation is 1. The van der Waals surface area contributed by atoms with E-state index in [1.807, 2.05) is 32.0 Å². The molecule has 6 heteroatoms. The van der Waals surface area contributed by atoms with Crippen molar-refractivity contribution in [3.63, 3.8) is 0 Å². The molecular formula is C14H22O5Si. The molecule has 0 unspecified atom stereocenters. The highest BCUT2D eigenvalue weighted by Gasteiger charge is 2.37. The fraction of sp³-hybridized carbons (Fsp3) is 0.571. The van der Waals surface area contributed by atoms with Crippen LogP contribution in [-0.4, -0.2) is 35.9 Å². The van der Waals surface area contributed by atoms with Crippen LogP contribution in [0.1, 0.15) is 19.4 Å². The van der Waals surface area contributed by atoms with Crippen molar-refractivity contribution in [3.05, 3.63) is 23.8 Å². The smallest absolute Gasteiger partial charge is 0.449 e. The van der Waals surface area contributed by atoms with E-state index in [9.17, 15) is 0 Å². The van der Waals surface area contributed by atoms with E-state index in [1.165, 1.54) is 0 Å². The molecule has 1 aliphatic rings. The van der Waals surface area contributed by atoms with Crippen molar-refractivity contribution in [2.45, 2.75) is 32.1 Å². The Hall–Kier alpha value is -1.08. The Balaban J connectivity index is 2.06. The van der Waals surface area contributed by atoms with E-state index in [2.05, 4.69) is 0 Å². The minimum atomic E-state index is -2.53. The lowest BCUT2D eigenvalue weighted by Gasteiger charge is -2.24. The maximum Gasteiger partial charge on any atom is 0.500 e. The summed E-state index contributed by atoms with van der Waals surface area (Å²) in [5, 5.41) is 0. The highest BCUT2D eigenvalue weighted by atomic mass is 28.4. The minimum absolute atomic E-state index is 0.592. The number of hydrogen-bond acceptors (Lipinski definition) is 5. The van der Waals surface area contributed by atoms with Gasteiger partial charge < -0.3 is 22.8 Å². The minimum Gasteiger partial charge on any atom is -0.449 e. The number of rotatable bonds is 6. The normalized spacial score (nSPS) is 16.4. The summed E-state index contributed by atoms with van der Waals surface area (Å²) in [4.78, 5) is 0. The molecule has 0 atom stereocenters. The van der Waals surface area contributed by atoms with E-state index >= 15 is 0 Å². The molecule has 20 heavy (non-hydrogen) atoms. The van der Waals surface area contributed by atoms with Gasteiger partial charge in [0, 0.05) is 41.2 Å². The van der Waals surface area contributed by atoms with Crippen LogP contribution in [0.2, 0.25) is 6.04 Å². The van der Waals surface area contributed by atoms with Crippen LogP contribution in [0.4, 0.5) is 0 Å². The van der Waals surface area contributed by atoms with Gasteiger partial charge in [-0.1, -0.05) is 6.07 Å². The summed E-state index contributed by atoms with van der Waals surface area (Å²) in [7, 11) is 2.35. The quantitative estimate of drug-likeness (QED) is 0.756. The molecule has 0 saturated heterocycles. The fourth-order valence-electron chi connectivity index (χ4n) is 2.28. The molecule has 0 spiro atoms. The van der Waals surface area contributed by atoms with Gasteiger partial charge in [-0.3, -0.25) is 0 Å². The first-order valence-electron chi connectivity index (χ1n) is 6.60. The van der Waals surface area contributed by atoms with E-state index in [0.29, 0.717) is 0 Å². The van der Waals surface area contributed by atoms with Gasteiger partial charge in [-0.15, -0.1) is 0 Å². The first-order valence-corrected chi connectivity index (χ1v) is 8.53. The molecule has 0 aromatic heterocycles. The third-order valence-electron chi connectivity index (χ3n) is 3.37. The van der Waals surface area contributed by atoms with Crippen molar-refractivity contribution < 1.29 is 22.8 Å². The van der Waals surface area contributed by atoms with Gasteiger partial charge >= 0.3 is 8.80 Å². The number of fused-ring (bicyclic) bond motifs is 1. The first kappa shape index (κ1) is 15.3. The third kappa shape index (κ3) is 3.14. The van der Waals surface area contributed by atoms with Crippen molar-refractivity contribution >= 4 is 8.80 Å². The van der Waals surface area contributed by atoms with Gasteiger partial charge in [-0.2, -0.15) is 0 Å². The molecule has 1 heterocycles. The molecule has 1 aromatic rings. The predicted octanol–water partition coefficient (Wildman–Crippen LogP) is 2.61. The SMILES string of the molecule is CO[Si](CCc1ccc2c(c1)OC(C)(C)O2)(OC)OC. The van der Waals surface area contributed by atoms with Crippen LogP contribution in [0, 0.1) is 0 Å². The Kier molecular flexibility index (Phi) is 4.39. The topological polar surface area (TPSA) is 46.2 Å². The second-order valence-corrected chi connectivity index (χ2v) is 8.27. The summed E-state index contributed by atoms with van der Waals surface area (Å²) in [6, 6.07) is 6.70. The molecule has 1 aromatic carbocycles. The van der Waals surface area contributed by atoms with Crippen LogP contribution >= 0.6 is 0 Å². The number of ether oxygens (including phenoxy) is 2. The molecule has 112 valence electrons. The van der Waals surface area contributed by atoms with Gasteiger partial charge in [0.2, 0.25) is 5.79 Å². The van der Waals surface area contributed by atoms with Gasteiger partial charge in [0.15, 0.2) is 11.5 Å². The van der Waals surface area contributed by atoms with Crippen molar-refractivity contribution in [2.24, 2.45) is 0 Å². The number of benzene rings is 1. The average molecular weight is 298 g/mol. The summed E-state index contributed by atoms with van der Waals surface area (Å²) in [6.07, 6.45) is 0.804. The molecule has 0 saturated carbocycles. The molecule has 1 aliphatic heterocycles. The molecule has 0 fully saturated rings. The highest BCUT2D eigenvalue weighted by Crippen LogP contribution is 2.39. The summed E-state index contributed by atoms with van der Waals surface area (Å²) < 4.78 is 27.7. The summed E-state index contributed by atoms with van der Waals surface area (Å²) in [6.45, 7) is 3.79. The van der Waals surface area contributed by atoms with Gasteiger partial charge in [0.25, 0.3) is 0 Å². The average Bonchev–Trinajstić information content (AvgIpc) is 2.74. The molecule has 0 aliphatic carbocycles. The Bertz CT molecular complexity index is 462. The van der Waals surface area contributed by atoms with E-state index in [1.54, 1.807) is 21.3 Å². The Morgan fingerprint density at radius 3 is 2.20 bits per heavy atom. The van der Waals surface area contributed by atoms with Crippen LogP contribution in [-0.2, 0) is 19.7 Å². The van der Waals surface area contributed by atoms with Crippen molar-refractivity contribution in [3.8, 4) is 11.5 Å². The van der Waals surface area contributed by atoms with Crippen LogP contribution in [0.3, 0.4) is 0 Å². The maximum absolute atomic E-state index is 5.74. The Morgan fingerprint density at radius 1 is 1.00 bits per heavy atom. The second kappa shape index (κ2) is 5.73. The summed E-state index contributed by atoms with van der Waals surface area (Å²) in [5.41, 5.74) is 1.15. The monoisotopic (exact) mass is 298 g/mol. The Morgan fingerprint density at radius 2 is 1.60 bits per heavy atom. The number of hydrogen-bond donors (Lipinski definition) is 0. The molecule has 0 radical (unpaired) electrons. The van der Waals surface area contributed by atoms with Crippen LogP contribution < -0.4 is 9.47 Å². The molecule has 2 rings (SSSR count). The molecule has 0 amide bonds. The van der Waals surface area contributed by atoms with E-state index in [0.717, 1.165) is 29.5 Å². The first-order chi connectivity index (χ1) is 9.43. The molecule has 0 bridgehead atoms. The molecule has 0 N–H and O–H groups in total.